The minimum absolute atomic E-state index is 0.0338. The van der Waals surface area contributed by atoms with Gasteiger partial charge in [0.05, 0.1) is 36.2 Å². The number of nitro groups is 1. The number of carbonyl (C=O) groups is 4. The summed E-state index contributed by atoms with van der Waals surface area (Å²) < 4.78 is 5.22. The maximum absolute atomic E-state index is 14.1. The summed E-state index contributed by atoms with van der Waals surface area (Å²) in [5, 5.41) is 33.8. The fraction of sp³-hybridized carbons (Fsp3) is 0.333. The number of esters is 1. The number of nitrogens with zero attached hydrogens (tertiary/aromatic N) is 4. The average molecular weight is 669 g/mol. The molecule has 1 unspecified atom stereocenters. The molecule has 13 heteroatoms. The van der Waals surface area contributed by atoms with Crippen molar-refractivity contribution in [1.82, 2.24) is 4.90 Å². The second-order valence-electron chi connectivity index (χ2n) is 12.6. The van der Waals surface area contributed by atoms with Gasteiger partial charge in [0.25, 0.3) is 11.6 Å². The van der Waals surface area contributed by atoms with Gasteiger partial charge in [-0.1, -0.05) is 55.5 Å². The van der Waals surface area contributed by atoms with Gasteiger partial charge in [0.2, 0.25) is 11.8 Å². The summed E-state index contributed by atoms with van der Waals surface area (Å²) in [6.07, 6.45) is 2.93. The molecule has 1 fully saturated rings. The Labute approximate surface area is 282 Å². The Balaban J connectivity index is 1.23. The average Bonchev–Trinajstić information content (AvgIpc) is 3.29. The number of fused-ring (bicyclic) bond motifs is 2. The van der Waals surface area contributed by atoms with E-state index in [9.17, 15) is 39.5 Å². The summed E-state index contributed by atoms with van der Waals surface area (Å²) in [6.45, 7) is 2.99. The maximum atomic E-state index is 14.1. The Morgan fingerprint density at radius 1 is 1.08 bits per heavy atom. The van der Waals surface area contributed by atoms with Gasteiger partial charge in [-0.25, -0.2) is 0 Å². The normalized spacial score (nSPS) is 22.1. The predicted molar refractivity (Wildman–Crippen MR) is 177 cm³/mol. The van der Waals surface area contributed by atoms with Crippen LogP contribution in [-0.2, 0) is 49.0 Å². The van der Waals surface area contributed by atoms with Crippen molar-refractivity contribution in [2.45, 2.75) is 64.1 Å². The first-order valence-electron chi connectivity index (χ1n) is 16.0. The van der Waals surface area contributed by atoms with Crippen LogP contribution < -0.4 is 9.80 Å². The van der Waals surface area contributed by atoms with E-state index < -0.39 is 34.5 Å². The molecule has 3 amide bonds. The molecule has 0 aromatic heterocycles. The fourth-order valence-corrected chi connectivity index (χ4v) is 6.85. The van der Waals surface area contributed by atoms with Crippen LogP contribution in [0.2, 0.25) is 0 Å². The Morgan fingerprint density at radius 2 is 1.84 bits per heavy atom. The molecule has 13 nitrogen and oxygen atoms in total. The number of amides is 3. The molecule has 3 aliphatic heterocycles. The Morgan fingerprint density at radius 3 is 2.53 bits per heavy atom. The highest BCUT2D eigenvalue weighted by atomic mass is 16.6. The third-order valence-electron chi connectivity index (χ3n) is 9.46. The van der Waals surface area contributed by atoms with Crippen molar-refractivity contribution >= 4 is 40.8 Å². The Hall–Kier alpha value is -5.40. The lowest BCUT2D eigenvalue weighted by Gasteiger charge is -2.39. The first-order chi connectivity index (χ1) is 23.4. The van der Waals surface area contributed by atoms with Crippen LogP contribution in [-0.4, -0.2) is 62.6 Å². The number of anilines is 2. The van der Waals surface area contributed by atoms with E-state index in [1.165, 1.54) is 34.9 Å². The van der Waals surface area contributed by atoms with E-state index >= 15 is 0 Å². The van der Waals surface area contributed by atoms with Crippen molar-refractivity contribution in [3.63, 3.8) is 0 Å². The zero-order valence-electron chi connectivity index (χ0n) is 27.0. The van der Waals surface area contributed by atoms with Crippen LogP contribution in [0, 0.1) is 16.0 Å². The minimum Gasteiger partial charge on any atom is -0.441 e. The molecule has 0 radical (unpaired) electrons. The molecule has 6 rings (SSSR count). The van der Waals surface area contributed by atoms with Crippen LogP contribution in [0.1, 0.15) is 48.9 Å². The van der Waals surface area contributed by atoms with E-state index in [1.807, 2.05) is 24.3 Å². The molecule has 3 aliphatic rings. The van der Waals surface area contributed by atoms with Gasteiger partial charge in [-0.05, 0) is 41.3 Å². The number of aliphatic hydroxyl groups is 2. The standard InChI is InChI=1S/C36H36N4O9/c1-22(7-5-12-32(43)37-20-26-10-4-3-9-25(26)16-29(37)21-41)36(46)30-17-28(40(47)48)13-14-31(30)38(35(36)45)19-24-8-6-11-27(15-24)39-33(44)18-34(39)49-23(2)42/h3-11,13-15,17,22,29,34,41,46H,12,16,18-21H2,1-2H3/b7-5+/t22-,29-,34?,36+/m0/s1. The van der Waals surface area contributed by atoms with Gasteiger partial charge in [0.1, 0.15) is 0 Å². The monoisotopic (exact) mass is 668 g/mol. The lowest BCUT2D eigenvalue weighted by Crippen LogP contribution is -2.54. The van der Waals surface area contributed by atoms with Crippen molar-refractivity contribution < 1.29 is 39.1 Å². The summed E-state index contributed by atoms with van der Waals surface area (Å²) in [7, 11) is 0. The topological polar surface area (TPSA) is 171 Å². The minimum atomic E-state index is -2.19. The number of nitro benzene ring substituents is 1. The van der Waals surface area contributed by atoms with E-state index in [1.54, 1.807) is 48.2 Å². The number of β-lactam (4-membered cyclic amide) rings is 1. The van der Waals surface area contributed by atoms with Crippen LogP contribution >= 0.6 is 0 Å². The number of hydrogen-bond donors (Lipinski definition) is 2. The molecule has 49 heavy (non-hydrogen) atoms. The molecular formula is C36H36N4O9. The van der Waals surface area contributed by atoms with Gasteiger partial charge >= 0.3 is 5.97 Å². The number of ether oxygens (including phenoxy) is 1. The van der Waals surface area contributed by atoms with E-state index in [2.05, 4.69) is 0 Å². The highest BCUT2D eigenvalue weighted by Gasteiger charge is 2.53. The highest BCUT2D eigenvalue weighted by Crippen LogP contribution is 2.47. The molecule has 2 N–H and O–H groups in total. The van der Waals surface area contributed by atoms with Crippen molar-refractivity contribution in [3.8, 4) is 0 Å². The SMILES string of the molecule is CC(=O)OC1CC(=O)N1c1cccc(CN2C(=O)[C@@](O)([C@@H](C)/C=C/CC(=O)N3Cc4ccccc4C[C@H]3CO)c3cc([N+](=O)[O-])ccc32)c1. The molecule has 0 bridgehead atoms. The molecule has 254 valence electrons. The summed E-state index contributed by atoms with van der Waals surface area (Å²) in [5.74, 6) is -2.59. The number of aliphatic hydroxyl groups excluding tert-OH is 1. The van der Waals surface area contributed by atoms with Gasteiger partial charge in [-0.15, -0.1) is 0 Å². The van der Waals surface area contributed by atoms with Crippen molar-refractivity contribution in [2.75, 3.05) is 16.4 Å². The highest BCUT2D eigenvalue weighted by molar-refractivity contribution is 6.07. The fourth-order valence-electron chi connectivity index (χ4n) is 6.85. The van der Waals surface area contributed by atoms with Crippen LogP contribution in [0.3, 0.4) is 0 Å². The van der Waals surface area contributed by atoms with Gasteiger partial charge in [-0.2, -0.15) is 0 Å². The summed E-state index contributed by atoms with van der Waals surface area (Å²) in [6, 6.07) is 18.0. The third kappa shape index (κ3) is 6.18. The van der Waals surface area contributed by atoms with Gasteiger partial charge < -0.3 is 24.7 Å². The maximum Gasteiger partial charge on any atom is 0.304 e. The largest absolute Gasteiger partial charge is 0.441 e. The van der Waals surface area contributed by atoms with E-state index in [0.717, 1.165) is 11.1 Å². The zero-order valence-corrected chi connectivity index (χ0v) is 27.0. The molecule has 0 saturated carbocycles. The van der Waals surface area contributed by atoms with Crippen molar-refractivity contribution in [2.24, 2.45) is 5.92 Å². The molecule has 3 aromatic rings. The number of non-ortho nitro benzene ring substituents is 1. The molecule has 0 spiro atoms. The van der Waals surface area contributed by atoms with Gasteiger partial charge in [0, 0.05) is 49.2 Å². The van der Waals surface area contributed by atoms with Crippen molar-refractivity contribution in [3.05, 3.63) is 111 Å². The molecule has 3 aromatic carbocycles. The van der Waals surface area contributed by atoms with Crippen LogP contribution in [0.25, 0.3) is 0 Å². The molecule has 3 heterocycles. The lowest BCUT2D eigenvalue weighted by molar-refractivity contribution is -0.385. The van der Waals surface area contributed by atoms with E-state index in [4.69, 9.17) is 4.74 Å². The summed E-state index contributed by atoms with van der Waals surface area (Å²) in [4.78, 5) is 66.7. The second-order valence-corrected chi connectivity index (χ2v) is 12.6. The molecule has 1 saturated heterocycles. The first kappa shape index (κ1) is 33.5. The number of benzene rings is 3. The molecule has 4 atom stereocenters. The van der Waals surface area contributed by atoms with Gasteiger partial charge in [0.15, 0.2) is 11.8 Å². The van der Waals surface area contributed by atoms with Crippen molar-refractivity contribution in [1.29, 1.82) is 0 Å². The smallest absolute Gasteiger partial charge is 0.304 e. The predicted octanol–water partition coefficient (Wildman–Crippen LogP) is 3.48. The molecule has 0 aliphatic carbocycles. The quantitative estimate of drug-likeness (QED) is 0.108. The van der Waals surface area contributed by atoms with Crippen LogP contribution in [0.4, 0.5) is 17.1 Å². The lowest BCUT2D eigenvalue weighted by atomic mass is 9.82. The first-order valence-corrected chi connectivity index (χ1v) is 16.0. The van der Waals surface area contributed by atoms with Crippen LogP contribution in [0.15, 0.2) is 78.9 Å². The van der Waals surface area contributed by atoms with E-state index in [-0.39, 0.29) is 60.8 Å². The zero-order chi connectivity index (χ0) is 35.0. The van der Waals surface area contributed by atoms with Gasteiger partial charge in [-0.3, -0.25) is 34.2 Å². The summed E-state index contributed by atoms with van der Waals surface area (Å²) in [5.41, 5.74) is 1.01. The number of rotatable bonds is 10. The Kier molecular flexibility index (Phi) is 9.06. The second kappa shape index (κ2) is 13.2. The van der Waals surface area contributed by atoms with Crippen LogP contribution in [0.5, 0.6) is 0 Å². The third-order valence-corrected chi connectivity index (χ3v) is 9.46. The molecular weight excluding hydrogens is 632 g/mol. The Bertz CT molecular complexity index is 1880. The number of hydrogen-bond acceptors (Lipinski definition) is 9. The van der Waals surface area contributed by atoms with E-state index in [0.29, 0.717) is 24.2 Å². The number of carbonyl (C=O) groups excluding carboxylic acids is 4. The summed E-state index contributed by atoms with van der Waals surface area (Å²) >= 11 is 0.